The molecule has 3 aromatic rings. The first kappa shape index (κ1) is 16.0. The maximum absolute atomic E-state index is 12.6. The van der Waals surface area contributed by atoms with E-state index in [1.54, 1.807) is 16.2 Å². The molecule has 0 spiro atoms. The van der Waals surface area contributed by atoms with Crippen molar-refractivity contribution in [2.75, 3.05) is 31.6 Å². The van der Waals surface area contributed by atoms with Crippen molar-refractivity contribution < 1.29 is 4.79 Å². The van der Waals surface area contributed by atoms with Gasteiger partial charge in [-0.15, -0.1) is 11.3 Å². The maximum atomic E-state index is 12.6. The van der Waals surface area contributed by atoms with Gasteiger partial charge in [0, 0.05) is 23.9 Å². The molecule has 26 heavy (non-hydrogen) atoms. The van der Waals surface area contributed by atoms with Crippen molar-refractivity contribution in [2.45, 2.75) is 19.3 Å². The van der Waals surface area contributed by atoms with E-state index in [9.17, 15) is 4.79 Å². The number of carbonyl (C=O) groups is 1. The number of hydrogen-bond donors (Lipinski definition) is 0. The van der Waals surface area contributed by atoms with E-state index in [-0.39, 0.29) is 5.91 Å². The first-order chi connectivity index (χ1) is 12.7. The minimum absolute atomic E-state index is 0.137. The van der Waals surface area contributed by atoms with Crippen LogP contribution in [-0.4, -0.2) is 42.5 Å². The molecule has 132 valence electrons. The highest BCUT2D eigenvalue weighted by molar-refractivity contribution is 7.16. The number of likely N-dealkylation sites (tertiary alicyclic amines) is 1. The summed E-state index contributed by atoms with van der Waals surface area (Å²) in [6.45, 7) is 2.57. The second-order valence-electron chi connectivity index (χ2n) is 7.19. The second-order valence-corrected chi connectivity index (χ2v) is 8.26. The average molecular weight is 363 g/mol. The number of fused-ring (bicyclic) bond motifs is 5. The van der Waals surface area contributed by atoms with Gasteiger partial charge in [0.2, 0.25) is 5.91 Å². The topological polar surface area (TPSA) is 36.4 Å². The predicted octanol–water partition coefficient (Wildman–Crippen LogP) is 3.93. The molecular formula is C21H21N3OS. The lowest BCUT2D eigenvalue weighted by molar-refractivity contribution is -0.119. The molecule has 1 fully saturated rings. The lowest BCUT2D eigenvalue weighted by Crippen LogP contribution is -2.37. The summed E-state index contributed by atoms with van der Waals surface area (Å²) < 4.78 is 0. The monoisotopic (exact) mass is 363 g/mol. The number of likely N-dealkylation sites (N-methyl/N-ethyl adjacent to an activating group) is 1. The lowest BCUT2D eigenvalue weighted by Gasteiger charge is -2.19. The number of anilines is 1. The summed E-state index contributed by atoms with van der Waals surface area (Å²) >= 11 is 1.66. The Morgan fingerprint density at radius 3 is 2.85 bits per heavy atom. The van der Waals surface area contributed by atoms with Gasteiger partial charge < -0.3 is 0 Å². The van der Waals surface area contributed by atoms with Gasteiger partial charge in [-0.2, -0.15) is 0 Å². The van der Waals surface area contributed by atoms with E-state index in [0.29, 0.717) is 6.54 Å². The number of thiazole rings is 1. The van der Waals surface area contributed by atoms with Crippen LogP contribution in [0.15, 0.2) is 36.4 Å². The van der Waals surface area contributed by atoms with Gasteiger partial charge in [0.15, 0.2) is 5.13 Å². The van der Waals surface area contributed by atoms with Crippen molar-refractivity contribution in [3.05, 3.63) is 46.8 Å². The fourth-order valence-electron chi connectivity index (χ4n) is 4.07. The van der Waals surface area contributed by atoms with E-state index in [2.05, 4.69) is 41.3 Å². The number of rotatable bonds is 3. The van der Waals surface area contributed by atoms with Gasteiger partial charge in [0.25, 0.3) is 0 Å². The van der Waals surface area contributed by atoms with Crippen molar-refractivity contribution in [3.63, 3.8) is 0 Å². The molecular weight excluding hydrogens is 342 g/mol. The number of aromatic nitrogens is 1. The summed E-state index contributed by atoms with van der Waals surface area (Å²) in [7, 11) is 1.85. The van der Waals surface area contributed by atoms with Crippen molar-refractivity contribution >= 4 is 33.1 Å². The van der Waals surface area contributed by atoms with E-state index < -0.39 is 0 Å². The van der Waals surface area contributed by atoms with Crippen molar-refractivity contribution in [2.24, 2.45) is 0 Å². The summed E-state index contributed by atoms with van der Waals surface area (Å²) in [6.07, 6.45) is 3.32. The predicted molar refractivity (Wildman–Crippen MR) is 107 cm³/mol. The molecule has 4 nitrogen and oxygen atoms in total. The Balaban J connectivity index is 1.44. The summed E-state index contributed by atoms with van der Waals surface area (Å²) in [5.41, 5.74) is 3.66. The van der Waals surface area contributed by atoms with Gasteiger partial charge >= 0.3 is 0 Å². The van der Waals surface area contributed by atoms with E-state index in [1.807, 2.05) is 7.05 Å². The van der Waals surface area contributed by atoms with Gasteiger partial charge in [0.1, 0.15) is 0 Å². The molecule has 0 radical (unpaired) electrons. The van der Waals surface area contributed by atoms with Crippen molar-refractivity contribution in [1.29, 1.82) is 0 Å². The Morgan fingerprint density at radius 2 is 2.00 bits per heavy atom. The van der Waals surface area contributed by atoms with Gasteiger partial charge in [-0.1, -0.05) is 36.4 Å². The molecule has 1 saturated heterocycles. The Bertz CT molecular complexity index is 1000. The highest BCUT2D eigenvalue weighted by Crippen LogP contribution is 2.44. The molecule has 1 amide bonds. The lowest BCUT2D eigenvalue weighted by atomic mass is 10.0. The minimum atomic E-state index is 0.137. The Hall–Kier alpha value is -2.24. The zero-order chi connectivity index (χ0) is 17.7. The molecule has 5 rings (SSSR count). The number of nitrogens with zero attached hydrogens (tertiary/aromatic N) is 3. The largest absolute Gasteiger partial charge is 0.294 e. The molecule has 0 saturated carbocycles. The van der Waals surface area contributed by atoms with Crippen molar-refractivity contribution in [3.8, 4) is 11.3 Å². The van der Waals surface area contributed by atoms with Crippen LogP contribution in [0.25, 0.3) is 22.0 Å². The summed E-state index contributed by atoms with van der Waals surface area (Å²) in [5, 5.41) is 3.41. The molecule has 0 unspecified atom stereocenters. The Morgan fingerprint density at radius 1 is 1.19 bits per heavy atom. The van der Waals surface area contributed by atoms with Gasteiger partial charge in [-0.05, 0) is 42.3 Å². The summed E-state index contributed by atoms with van der Waals surface area (Å²) in [5.74, 6) is 0.137. The van der Waals surface area contributed by atoms with Crippen LogP contribution in [0.2, 0.25) is 0 Å². The third-order valence-corrected chi connectivity index (χ3v) is 6.67. The molecule has 1 aliphatic heterocycles. The van der Waals surface area contributed by atoms with E-state index in [4.69, 9.17) is 4.98 Å². The van der Waals surface area contributed by atoms with Gasteiger partial charge in [-0.3, -0.25) is 14.6 Å². The summed E-state index contributed by atoms with van der Waals surface area (Å²) in [4.78, 5) is 22.7. The smallest absolute Gasteiger partial charge is 0.242 e. The Kier molecular flexibility index (Phi) is 3.80. The zero-order valence-corrected chi connectivity index (χ0v) is 15.7. The number of benzene rings is 2. The molecule has 1 aliphatic carbocycles. The molecule has 0 bridgehead atoms. The molecule has 0 N–H and O–H groups in total. The SMILES string of the molecule is CN(C(=O)CN1CCCC1)c1nc2c(s1)Cc1c-2ccc2ccccc12. The normalized spacial score (nSPS) is 16.0. The fraction of sp³-hybridized carbons (Fsp3) is 0.333. The fourth-order valence-corrected chi connectivity index (χ4v) is 5.13. The highest BCUT2D eigenvalue weighted by Gasteiger charge is 2.27. The molecule has 2 aliphatic rings. The van der Waals surface area contributed by atoms with Crippen LogP contribution in [0.3, 0.4) is 0 Å². The van der Waals surface area contributed by atoms with Crippen LogP contribution >= 0.6 is 11.3 Å². The minimum Gasteiger partial charge on any atom is -0.294 e. The van der Waals surface area contributed by atoms with Crippen LogP contribution in [0, 0.1) is 0 Å². The third-order valence-electron chi connectivity index (χ3n) is 5.54. The highest BCUT2D eigenvalue weighted by atomic mass is 32.1. The van der Waals surface area contributed by atoms with Gasteiger partial charge in [-0.25, -0.2) is 4.98 Å². The average Bonchev–Trinajstić information content (AvgIpc) is 3.36. The van der Waals surface area contributed by atoms with E-state index in [0.717, 1.165) is 30.3 Å². The van der Waals surface area contributed by atoms with Crippen LogP contribution in [0.1, 0.15) is 23.3 Å². The molecule has 5 heteroatoms. The number of carbonyl (C=O) groups excluding carboxylic acids is 1. The molecule has 1 aromatic heterocycles. The number of amides is 1. The first-order valence-electron chi connectivity index (χ1n) is 9.20. The second kappa shape index (κ2) is 6.18. The van der Waals surface area contributed by atoms with E-state index in [1.165, 1.54) is 39.6 Å². The Labute approximate surface area is 157 Å². The zero-order valence-electron chi connectivity index (χ0n) is 14.9. The third kappa shape index (κ3) is 2.54. The van der Waals surface area contributed by atoms with E-state index >= 15 is 0 Å². The molecule has 2 aromatic carbocycles. The van der Waals surface area contributed by atoms with Crippen LogP contribution < -0.4 is 4.90 Å². The number of hydrogen-bond acceptors (Lipinski definition) is 4. The molecule has 2 heterocycles. The molecule has 0 atom stereocenters. The quantitative estimate of drug-likeness (QED) is 0.553. The van der Waals surface area contributed by atoms with Crippen LogP contribution in [0.4, 0.5) is 5.13 Å². The maximum Gasteiger partial charge on any atom is 0.242 e. The first-order valence-corrected chi connectivity index (χ1v) is 10.0. The standard InChI is InChI=1S/C21H21N3OS/c1-23(19(25)13-24-10-4-5-11-24)21-22-20-16-9-8-14-6-2-3-7-15(14)17(16)12-18(20)26-21/h2-3,6-9H,4-5,10-13H2,1H3. The van der Waals surface area contributed by atoms with Crippen LogP contribution in [-0.2, 0) is 11.2 Å². The van der Waals surface area contributed by atoms with Crippen molar-refractivity contribution in [1.82, 2.24) is 9.88 Å². The van der Waals surface area contributed by atoms with Gasteiger partial charge in [0.05, 0.1) is 12.2 Å². The van der Waals surface area contributed by atoms with Crippen LogP contribution in [0.5, 0.6) is 0 Å². The summed E-state index contributed by atoms with van der Waals surface area (Å²) in [6, 6.07) is 12.9.